The number of hydrogen-bond donors (Lipinski definition) is 0. The number of aryl methyl sites for hydroxylation is 3. The van der Waals surface area contributed by atoms with E-state index in [1.807, 2.05) is 71.1 Å². The normalized spacial score (nSPS) is 15.3. The highest BCUT2D eigenvalue weighted by atomic mass is 15.2. The molecule has 4 aromatic rings. The Balaban J connectivity index is 2.30. The molecule has 4 rings (SSSR count). The topological polar surface area (TPSA) is 8.81 Å². The number of fused-ring (bicyclic) bond motifs is 1. The zero-order valence-electron chi connectivity index (χ0n) is 23.7. The lowest BCUT2D eigenvalue weighted by Gasteiger charge is -2.18. The first kappa shape index (κ1) is 15.0. The standard InChI is InChI=1S/C28H33N2/c1-18(2)22-13-10-14-23(19(3)4)27(22)30-26-17-20(5)15-16-25(26)29(7)28(30)24-12-9-8-11-21(24)6/h8-19H,1-7H3/q+1/i5D3,18D,19D. The fourth-order valence-electron chi connectivity index (χ4n) is 4.31. The average Bonchev–Trinajstić information content (AvgIpc) is 3.03. The molecule has 0 saturated carbocycles. The maximum absolute atomic E-state index is 8.97. The highest BCUT2D eigenvalue weighted by Gasteiger charge is 2.31. The second-order valence-corrected chi connectivity index (χ2v) is 8.44. The molecule has 0 aliphatic carbocycles. The fourth-order valence-corrected chi connectivity index (χ4v) is 4.31. The largest absolute Gasteiger partial charge is 0.295 e. The zero-order valence-corrected chi connectivity index (χ0v) is 18.7. The number of para-hydroxylation sites is 1. The van der Waals surface area contributed by atoms with E-state index in [-0.39, 0.29) is 5.56 Å². The van der Waals surface area contributed by atoms with Gasteiger partial charge in [-0.1, -0.05) is 70.2 Å². The number of nitrogens with zero attached hydrogens (tertiary/aromatic N) is 2. The molecule has 0 aliphatic heterocycles. The van der Waals surface area contributed by atoms with Crippen LogP contribution in [0.1, 0.15) is 68.6 Å². The van der Waals surface area contributed by atoms with Crippen molar-refractivity contribution >= 4 is 11.0 Å². The van der Waals surface area contributed by atoms with Gasteiger partial charge in [-0.15, -0.1) is 0 Å². The quantitative estimate of drug-likeness (QED) is 0.325. The molecule has 154 valence electrons. The predicted molar refractivity (Wildman–Crippen MR) is 128 cm³/mol. The molecule has 0 radical (unpaired) electrons. The minimum atomic E-state index is -2.25. The van der Waals surface area contributed by atoms with Gasteiger partial charge < -0.3 is 0 Å². The van der Waals surface area contributed by atoms with Crippen molar-refractivity contribution in [2.75, 3.05) is 0 Å². The van der Waals surface area contributed by atoms with Gasteiger partial charge in [0.25, 0.3) is 5.82 Å². The SMILES string of the molecule is [2H]C([2H])([2H])c1ccc2c(c1)n(-c1c(C([2H])(C)C)cccc1C([2H])(C)C)c(-c1ccccc1C)[n+]2C. The molecule has 0 atom stereocenters. The lowest BCUT2D eigenvalue weighted by Crippen LogP contribution is -2.30. The van der Waals surface area contributed by atoms with Crippen LogP contribution < -0.4 is 4.57 Å². The summed E-state index contributed by atoms with van der Waals surface area (Å²) in [4.78, 5) is 0. The van der Waals surface area contributed by atoms with Crippen LogP contribution in [-0.4, -0.2) is 4.57 Å². The summed E-state index contributed by atoms with van der Waals surface area (Å²) in [5, 5.41) is 0. The van der Waals surface area contributed by atoms with Gasteiger partial charge in [0.05, 0.1) is 12.6 Å². The van der Waals surface area contributed by atoms with Crippen molar-refractivity contribution in [3.8, 4) is 17.1 Å². The molecule has 0 spiro atoms. The first-order chi connectivity index (χ1) is 16.1. The van der Waals surface area contributed by atoms with E-state index in [1.165, 1.54) is 0 Å². The second-order valence-electron chi connectivity index (χ2n) is 8.44. The van der Waals surface area contributed by atoms with Crippen molar-refractivity contribution in [3.63, 3.8) is 0 Å². The molecule has 0 bridgehead atoms. The number of benzene rings is 3. The molecule has 0 N–H and O–H groups in total. The molecule has 0 aliphatic rings. The van der Waals surface area contributed by atoms with Gasteiger partial charge in [-0.2, -0.15) is 4.57 Å². The molecular formula is C28H33N2+. The first-order valence-electron chi connectivity index (χ1n) is 12.9. The van der Waals surface area contributed by atoms with E-state index < -0.39 is 18.6 Å². The van der Waals surface area contributed by atoms with Crippen molar-refractivity contribution in [2.45, 2.75) is 53.3 Å². The molecule has 2 nitrogen and oxygen atoms in total. The Hall–Kier alpha value is -2.87. The molecule has 0 amide bonds. The molecule has 2 heteroatoms. The van der Waals surface area contributed by atoms with E-state index in [4.69, 9.17) is 6.85 Å². The van der Waals surface area contributed by atoms with Crippen LogP contribution in [0.15, 0.2) is 60.7 Å². The van der Waals surface area contributed by atoms with Crippen LogP contribution in [0.4, 0.5) is 0 Å². The van der Waals surface area contributed by atoms with Gasteiger partial charge in [0.2, 0.25) is 0 Å². The molecular weight excluding hydrogens is 364 g/mol. The summed E-state index contributed by atoms with van der Waals surface area (Å²) in [5.74, 6) is -1.02. The molecule has 0 saturated heterocycles. The maximum atomic E-state index is 8.97. The van der Waals surface area contributed by atoms with Crippen LogP contribution in [-0.2, 0) is 7.05 Å². The van der Waals surface area contributed by atoms with Crippen molar-refractivity contribution in [3.05, 3.63) is 82.9 Å². The summed E-state index contributed by atoms with van der Waals surface area (Å²) in [7, 11) is 1.98. The lowest BCUT2D eigenvalue weighted by atomic mass is 9.92. The molecule has 1 aromatic heterocycles. The van der Waals surface area contributed by atoms with Crippen molar-refractivity contribution in [2.24, 2.45) is 7.05 Å². The summed E-state index contributed by atoms with van der Waals surface area (Å²) in [5.41, 5.74) is 6.28. The maximum Gasteiger partial charge on any atom is 0.295 e. The third kappa shape index (κ3) is 3.25. The Morgan fingerprint density at radius 1 is 0.900 bits per heavy atom. The van der Waals surface area contributed by atoms with E-state index in [0.29, 0.717) is 0 Å². The van der Waals surface area contributed by atoms with Gasteiger partial charge in [-0.3, -0.25) is 0 Å². The second kappa shape index (κ2) is 7.75. The van der Waals surface area contributed by atoms with Crippen LogP contribution in [0, 0.1) is 13.8 Å². The highest BCUT2D eigenvalue weighted by Crippen LogP contribution is 2.37. The van der Waals surface area contributed by atoms with Crippen molar-refractivity contribution in [1.29, 1.82) is 0 Å². The molecule has 0 unspecified atom stereocenters. The Morgan fingerprint density at radius 3 is 2.17 bits per heavy atom. The van der Waals surface area contributed by atoms with Crippen molar-refractivity contribution in [1.82, 2.24) is 4.57 Å². The molecule has 3 aromatic carbocycles. The monoisotopic (exact) mass is 402 g/mol. The predicted octanol–water partition coefficient (Wildman–Crippen LogP) is 6.99. The van der Waals surface area contributed by atoms with Crippen LogP contribution in [0.3, 0.4) is 0 Å². The Labute approximate surface area is 187 Å². The van der Waals surface area contributed by atoms with Gasteiger partial charge in [-0.05, 0) is 54.9 Å². The lowest BCUT2D eigenvalue weighted by molar-refractivity contribution is -0.633. The molecule has 30 heavy (non-hydrogen) atoms. The minimum absolute atomic E-state index is 0.259. The van der Waals surface area contributed by atoms with Gasteiger partial charge in [0.1, 0.15) is 5.69 Å². The Morgan fingerprint density at radius 2 is 1.57 bits per heavy atom. The minimum Gasteiger partial charge on any atom is -0.225 e. The number of hydrogen-bond acceptors (Lipinski definition) is 0. The fraction of sp³-hybridized carbons (Fsp3) is 0.321. The van der Waals surface area contributed by atoms with Crippen LogP contribution in [0.25, 0.3) is 28.1 Å². The van der Waals surface area contributed by atoms with E-state index >= 15 is 0 Å². The third-order valence-corrected chi connectivity index (χ3v) is 5.83. The van der Waals surface area contributed by atoms with Gasteiger partial charge in [-0.25, -0.2) is 4.57 Å². The molecule has 0 fully saturated rings. The van der Waals surface area contributed by atoms with E-state index in [2.05, 4.69) is 28.2 Å². The summed E-state index contributed by atoms with van der Waals surface area (Å²) >= 11 is 0. The summed E-state index contributed by atoms with van der Waals surface area (Å²) < 4.78 is 46.2. The summed E-state index contributed by atoms with van der Waals surface area (Å²) in [6, 6.07) is 19.2. The summed E-state index contributed by atoms with van der Waals surface area (Å²) in [6.07, 6.45) is 0. The van der Waals surface area contributed by atoms with Crippen LogP contribution in [0.5, 0.6) is 0 Å². The van der Waals surface area contributed by atoms with Gasteiger partial charge in [0.15, 0.2) is 11.0 Å². The van der Waals surface area contributed by atoms with Gasteiger partial charge in [0, 0.05) is 18.0 Å². The highest BCUT2D eigenvalue weighted by molar-refractivity contribution is 5.81. The number of aromatic nitrogens is 2. The average molecular weight is 403 g/mol. The Kier molecular flexibility index (Phi) is 3.88. The zero-order chi connectivity index (χ0) is 25.9. The first-order valence-corrected chi connectivity index (χ1v) is 10.4. The Bertz CT molecular complexity index is 1380. The van der Waals surface area contributed by atoms with E-state index in [0.717, 1.165) is 44.8 Å². The van der Waals surface area contributed by atoms with Crippen LogP contribution in [0.2, 0.25) is 0 Å². The number of imidazole rings is 1. The van der Waals surface area contributed by atoms with Gasteiger partial charge >= 0.3 is 0 Å². The summed E-state index contributed by atoms with van der Waals surface area (Å²) in [6.45, 7) is 7.19. The smallest absolute Gasteiger partial charge is 0.225 e. The van der Waals surface area contributed by atoms with Crippen LogP contribution >= 0.6 is 0 Å². The van der Waals surface area contributed by atoms with E-state index in [9.17, 15) is 0 Å². The van der Waals surface area contributed by atoms with E-state index in [1.54, 1.807) is 12.1 Å². The molecule has 1 heterocycles. The third-order valence-electron chi connectivity index (χ3n) is 5.83. The van der Waals surface area contributed by atoms with Crippen molar-refractivity contribution < 1.29 is 11.4 Å². The number of rotatable bonds is 4.